The summed E-state index contributed by atoms with van der Waals surface area (Å²) < 4.78 is 5.59. The van der Waals surface area contributed by atoms with Gasteiger partial charge in [-0.15, -0.1) is 0 Å². The SMILES string of the molecule is Cc1cc(C)c(C(=O)Nc2ccc(OC(C)C)cc2)cc1C. The average Bonchev–Trinajstić information content (AvgIpc) is 2.44. The molecule has 1 N–H and O–H groups in total. The molecule has 0 heterocycles. The minimum atomic E-state index is -0.0851. The lowest BCUT2D eigenvalue weighted by atomic mass is 10.0. The molecule has 22 heavy (non-hydrogen) atoms. The summed E-state index contributed by atoms with van der Waals surface area (Å²) in [5, 5.41) is 2.93. The molecule has 0 aliphatic heterocycles. The van der Waals surface area contributed by atoms with Crippen LogP contribution in [0.2, 0.25) is 0 Å². The first-order valence-corrected chi connectivity index (χ1v) is 7.52. The van der Waals surface area contributed by atoms with Crippen LogP contribution in [0.5, 0.6) is 5.75 Å². The number of hydrogen-bond donors (Lipinski definition) is 1. The molecule has 3 heteroatoms. The zero-order valence-corrected chi connectivity index (χ0v) is 13.9. The third kappa shape index (κ3) is 3.88. The lowest BCUT2D eigenvalue weighted by molar-refractivity contribution is 0.102. The molecule has 0 bridgehead atoms. The molecule has 0 spiro atoms. The van der Waals surface area contributed by atoms with Gasteiger partial charge in [0.15, 0.2) is 0 Å². The standard InChI is InChI=1S/C19H23NO2/c1-12(2)22-17-8-6-16(7-9-17)20-19(21)18-11-14(4)13(3)10-15(18)5/h6-12H,1-5H3,(H,20,21). The fourth-order valence-electron chi connectivity index (χ4n) is 2.29. The number of rotatable bonds is 4. The first kappa shape index (κ1) is 16.1. The number of amides is 1. The molecule has 2 aromatic rings. The van der Waals surface area contributed by atoms with Gasteiger partial charge in [-0.2, -0.15) is 0 Å². The van der Waals surface area contributed by atoms with E-state index in [1.54, 1.807) is 0 Å². The Morgan fingerprint density at radius 3 is 2.14 bits per heavy atom. The Kier molecular flexibility index (Phi) is 4.86. The number of anilines is 1. The molecule has 2 rings (SSSR count). The van der Waals surface area contributed by atoms with Gasteiger partial charge in [-0.05, 0) is 81.6 Å². The molecule has 1 amide bonds. The maximum atomic E-state index is 12.4. The smallest absolute Gasteiger partial charge is 0.255 e. The van der Waals surface area contributed by atoms with Crippen molar-refractivity contribution < 1.29 is 9.53 Å². The van der Waals surface area contributed by atoms with Crippen molar-refractivity contribution in [2.75, 3.05) is 5.32 Å². The highest BCUT2D eigenvalue weighted by atomic mass is 16.5. The molecule has 0 radical (unpaired) electrons. The van der Waals surface area contributed by atoms with Gasteiger partial charge in [-0.3, -0.25) is 4.79 Å². The first-order chi connectivity index (χ1) is 10.4. The highest BCUT2D eigenvalue weighted by molar-refractivity contribution is 6.05. The summed E-state index contributed by atoms with van der Waals surface area (Å²) in [6.07, 6.45) is 0.138. The Bertz CT molecular complexity index is 673. The van der Waals surface area contributed by atoms with Crippen molar-refractivity contribution in [3.05, 3.63) is 58.7 Å². The van der Waals surface area contributed by atoms with Crippen LogP contribution < -0.4 is 10.1 Å². The fourth-order valence-corrected chi connectivity index (χ4v) is 2.29. The molecule has 0 saturated carbocycles. The van der Waals surface area contributed by atoms with E-state index in [9.17, 15) is 4.79 Å². The van der Waals surface area contributed by atoms with Crippen molar-refractivity contribution in [2.45, 2.75) is 40.7 Å². The zero-order valence-electron chi connectivity index (χ0n) is 13.9. The molecule has 0 fully saturated rings. The Morgan fingerprint density at radius 2 is 1.55 bits per heavy atom. The number of ether oxygens (including phenoxy) is 1. The van der Waals surface area contributed by atoms with E-state index in [1.165, 1.54) is 5.56 Å². The third-order valence-corrected chi connectivity index (χ3v) is 3.57. The summed E-state index contributed by atoms with van der Waals surface area (Å²) in [6, 6.07) is 11.4. The van der Waals surface area contributed by atoms with Gasteiger partial charge < -0.3 is 10.1 Å². The summed E-state index contributed by atoms with van der Waals surface area (Å²) >= 11 is 0. The quantitative estimate of drug-likeness (QED) is 0.892. The monoisotopic (exact) mass is 297 g/mol. The number of hydrogen-bond acceptors (Lipinski definition) is 2. The molecular formula is C19H23NO2. The molecule has 0 aliphatic rings. The van der Waals surface area contributed by atoms with Gasteiger partial charge in [0, 0.05) is 11.3 Å². The fraction of sp³-hybridized carbons (Fsp3) is 0.316. The van der Waals surface area contributed by atoms with E-state index >= 15 is 0 Å². The Balaban J connectivity index is 2.13. The highest BCUT2D eigenvalue weighted by Crippen LogP contribution is 2.20. The van der Waals surface area contributed by atoms with Gasteiger partial charge in [-0.25, -0.2) is 0 Å². The number of nitrogens with one attached hydrogen (secondary N) is 1. The molecule has 0 aliphatic carbocycles. The molecule has 2 aromatic carbocycles. The minimum Gasteiger partial charge on any atom is -0.491 e. The van der Waals surface area contributed by atoms with Gasteiger partial charge in [0.25, 0.3) is 5.91 Å². The molecule has 3 nitrogen and oxygen atoms in total. The average molecular weight is 297 g/mol. The summed E-state index contributed by atoms with van der Waals surface area (Å²) in [7, 11) is 0. The van der Waals surface area contributed by atoms with Crippen molar-refractivity contribution in [2.24, 2.45) is 0 Å². The third-order valence-electron chi connectivity index (χ3n) is 3.57. The second kappa shape index (κ2) is 6.65. The van der Waals surface area contributed by atoms with E-state index in [2.05, 4.69) is 12.2 Å². The minimum absolute atomic E-state index is 0.0851. The molecular weight excluding hydrogens is 274 g/mol. The van der Waals surface area contributed by atoms with Crippen LogP contribution in [0.25, 0.3) is 0 Å². The van der Waals surface area contributed by atoms with E-state index < -0.39 is 0 Å². The highest BCUT2D eigenvalue weighted by Gasteiger charge is 2.11. The number of benzene rings is 2. The normalized spacial score (nSPS) is 10.6. The van der Waals surface area contributed by atoms with Crippen LogP contribution >= 0.6 is 0 Å². The van der Waals surface area contributed by atoms with Crippen LogP contribution in [0.4, 0.5) is 5.69 Å². The van der Waals surface area contributed by atoms with Crippen molar-refractivity contribution in [3.8, 4) is 5.75 Å². The van der Waals surface area contributed by atoms with Crippen molar-refractivity contribution >= 4 is 11.6 Å². The van der Waals surface area contributed by atoms with E-state index in [0.717, 1.165) is 22.6 Å². The van der Waals surface area contributed by atoms with Gasteiger partial charge in [0.2, 0.25) is 0 Å². The zero-order chi connectivity index (χ0) is 16.3. The van der Waals surface area contributed by atoms with Crippen LogP contribution in [0.1, 0.15) is 40.9 Å². The Labute approximate surface area is 132 Å². The van der Waals surface area contributed by atoms with E-state index in [1.807, 2.05) is 64.1 Å². The van der Waals surface area contributed by atoms with Crippen molar-refractivity contribution in [1.82, 2.24) is 0 Å². The van der Waals surface area contributed by atoms with Gasteiger partial charge in [0.1, 0.15) is 5.75 Å². The van der Waals surface area contributed by atoms with Crippen molar-refractivity contribution in [1.29, 1.82) is 0 Å². The second-order valence-corrected chi connectivity index (χ2v) is 5.90. The van der Waals surface area contributed by atoms with Gasteiger partial charge in [-0.1, -0.05) is 6.07 Å². The maximum Gasteiger partial charge on any atom is 0.255 e. The number of carbonyl (C=O) groups is 1. The number of aryl methyl sites for hydroxylation is 3. The van der Waals surface area contributed by atoms with Gasteiger partial charge >= 0.3 is 0 Å². The summed E-state index contributed by atoms with van der Waals surface area (Å²) in [4.78, 5) is 12.4. The summed E-state index contributed by atoms with van der Waals surface area (Å²) in [5.41, 5.74) is 4.78. The second-order valence-electron chi connectivity index (χ2n) is 5.90. The Hall–Kier alpha value is -2.29. The lowest BCUT2D eigenvalue weighted by Gasteiger charge is -2.12. The van der Waals surface area contributed by atoms with Crippen LogP contribution in [-0.4, -0.2) is 12.0 Å². The van der Waals surface area contributed by atoms with Crippen LogP contribution in [0.3, 0.4) is 0 Å². The summed E-state index contributed by atoms with van der Waals surface area (Å²) in [5.74, 6) is 0.716. The van der Waals surface area contributed by atoms with Crippen LogP contribution in [0, 0.1) is 20.8 Å². The van der Waals surface area contributed by atoms with Gasteiger partial charge in [0.05, 0.1) is 6.10 Å². The molecule has 116 valence electrons. The largest absolute Gasteiger partial charge is 0.491 e. The topological polar surface area (TPSA) is 38.3 Å². The first-order valence-electron chi connectivity index (χ1n) is 7.52. The van der Waals surface area contributed by atoms with Crippen molar-refractivity contribution in [3.63, 3.8) is 0 Å². The molecule has 0 unspecified atom stereocenters. The van der Waals surface area contributed by atoms with Crippen LogP contribution in [0.15, 0.2) is 36.4 Å². The maximum absolute atomic E-state index is 12.4. The molecule has 0 aromatic heterocycles. The van der Waals surface area contributed by atoms with E-state index in [0.29, 0.717) is 5.56 Å². The van der Waals surface area contributed by atoms with E-state index in [-0.39, 0.29) is 12.0 Å². The number of carbonyl (C=O) groups excluding carboxylic acids is 1. The predicted octanol–water partition coefficient (Wildman–Crippen LogP) is 4.65. The predicted molar refractivity (Wildman–Crippen MR) is 90.8 cm³/mol. The molecule has 0 saturated heterocycles. The summed E-state index contributed by atoms with van der Waals surface area (Å²) in [6.45, 7) is 10.00. The lowest BCUT2D eigenvalue weighted by Crippen LogP contribution is -2.14. The Morgan fingerprint density at radius 1 is 0.955 bits per heavy atom. The van der Waals surface area contributed by atoms with E-state index in [4.69, 9.17) is 4.74 Å². The van der Waals surface area contributed by atoms with Crippen LogP contribution in [-0.2, 0) is 0 Å². The molecule has 0 atom stereocenters.